The molecule has 3 heteroatoms. The van der Waals surface area contributed by atoms with Crippen LogP contribution in [-0.4, -0.2) is 31.1 Å². The Bertz CT molecular complexity index is 616. The van der Waals surface area contributed by atoms with Crippen molar-refractivity contribution in [3.63, 3.8) is 0 Å². The molecule has 0 spiro atoms. The Morgan fingerprint density at radius 3 is 2.80 bits per heavy atom. The zero-order chi connectivity index (χ0) is 13.8. The van der Waals surface area contributed by atoms with Gasteiger partial charge < -0.3 is 5.32 Å². The third-order valence-corrected chi connectivity index (χ3v) is 3.98. The van der Waals surface area contributed by atoms with Gasteiger partial charge in [0.25, 0.3) is 0 Å². The van der Waals surface area contributed by atoms with Crippen LogP contribution >= 0.6 is 0 Å². The minimum Gasteiger partial charge on any atom is -0.315 e. The molecule has 1 atom stereocenters. The molecule has 1 heterocycles. The van der Waals surface area contributed by atoms with E-state index in [1.165, 1.54) is 10.8 Å². The Hall–Kier alpha value is -1.89. The Morgan fingerprint density at radius 2 is 1.90 bits per heavy atom. The molecule has 3 rings (SSSR count). The summed E-state index contributed by atoms with van der Waals surface area (Å²) in [5, 5.41) is 15.5. The third-order valence-electron chi connectivity index (χ3n) is 3.98. The van der Waals surface area contributed by atoms with Gasteiger partial charge in [0.05, 0.1) is 6.07 Å². The molecule has 0 bridgehead atoms. The van der Waals surface area contributed by atoms with Gasteiger partial charge in [-0.3, -0.25) is 4.90 Å². The second kappa shape index (κ2) is 6.04. The molecular formula is C17H19N3. The lowest BCUT2D eigenvalue weighted by molar-refractivity contribution is 0.253. The van der Waals surface area contributed by atoms with E-state index < -0.39 is 0 Å². The highest BCUT2D eigenvalue weighted by Crippen LogP contribution is 2.28. The molecule has 1 saturated heterocycles. The van der Waals surface area contributed by atoms with E-state index in [0.717, 1.165) is 38.2 Å². The van der Waals surface area contributed by atoms with E-state index in [9.17, 15) is 5.26 Å². The molecule has 0 radical (unpaired) electrons. The summed E-state index contributed by atoms with van der Waals surface area (Å²) in [6.45, 7) is 3.92. The molecule has 1 unspecified atom stereocenters. The largest absolute Gasteiger partial charge is 0.315 e. The normalized spacial score (nSPS) is 18.4. The molecule has 102 valence electrons. The van der Waals surface area contributed by atoms with Crippen LogP contribution < -0.4 is 5.32 Å². The van der Waals surface area contributed by atoms with Gasteiger partial charge in [-0.1, -0.05) is 42.5 Å². The van der Waals surface area contributed by atoms with Crippen molar-refractivity contribution in [1.82, 2.24) is 10.2 Å². The minimum absolute atomic E-state index is 0.152. The SMILES string of the molecule is N#CC(c1cccc2ccccc12)N1CCCNCC1. The average Bonchev–Trinajstić information content (AvgIpc) is 2.78. The molecule has 0 amide bonds. The van der Waals surface area contributed by atoms with Crippen molar-refractivity contribution in [2.45, 2.75) is 12.5 Å². The molecule has 2 aromatic rings. The monoisotopic (exact) mass is 265 g/mol. The van der Waals surface area contributed by atoms with E-state index in [4.69, 9.17) is 0 Å². The van der Waals surface area contributed by atoms with Gasteiger partial charge in [0, 0.05) is 19.6 Å². The van der Waals surface area contributed by atoms with Crippen LogP contribution in [0.15, 0.2) is 42.5 Å². The standard InChI is InChI=1S/C17H19N3/c18-13-17(20-11-4-9-19-10-12-20)16-8-3-6-14-5-1-2-7-15(14)16/h1-3,5-8,17,19H,4,9-12H2. The number of fused-ring (bicyclic) bond motifs is 1. The molecular weight excluding hydrogens is 246 g/mol. The van der Waals surface area contributed by atoms with E-state index >= 15 is 0 Å². The first-order chi connectivity index (χ1) is 9.90. The Labute approximate surface area is 119 Å². The fraction of sp³-hybridized carbons (Fsp3) is 0.353. The van der Waals surface area contributed by atoms with Gasteiger partial charge in [0.15, 0.2) is 0 Å². The second-order valence-electron chi connectivity index (χ2n) is 5.24. The van der Waals surface area contributed by atoms with Crippen LogP contribution in [0.5, 0.6) is 0 Å². The van der Waals surface area contributed by atoms with Crippen molar-refractivity contribution >= 4 is 10.8 Å². The average molecular weight is 265 g/mol. The predicted molar refractivity (Wildman–Crippen MR) is 81.4 cm³/mol. The molecule has 20 heavy (non-hydrogen) atoms. The first-order valence-electron chi connectivity index (χ1n) is 7.22. The number of nitrogens with zero attached hydrogens (tertiary/aromatic N) is 2. The van der Waals surface area contributed by atoms with Crippen LogP contribution in [0.4, 0.5) is 0 Å². The third kappa shape index (κ3) is 2.53. The summed E-state index contributed by atoms with van der Waals surface area (Å²) in [5.74, 6) is 0. The summed E-state index contributed by atoms with van der Waals surface area (Å²) < 4.78 is 0. The summed E-state index contributed by atoms with van der Waals surface area (Å²) in [6, 6.07) is 16.9. The van der Waals surface area contributed by atoms with Crippen LogP contribution in [0.2, 0.25) is 0 Å². The maximum atomic E-state index is 9.67. The topological polar surface area (TPSA) is 39.1 Å². The number of rotatable bonds is 2. The lowest BCUT2D eigenvalue weighted by Gasteiger charge is -2.26. The quantitative estimate of drug-likeness (QED) is 0.907. The fourth-order valence-electron chi connectivity index (χ4n) is 2.96. The zero-order valence-electron chi connectivity index (χ0n) is 11.5. The van der Waals surface area contributed by atoms with Gasteiger partial charge in [-0.25, -0.2) is 0 Å². The Kier molecular flexibility index (Phi) is 3.96. The lowest BCUT2D eigenvalue weighted by Crippen LogP contribution is -2.31. The molecule has 0 aliphatic carbocycles. The van der Waals surface area contributed by atoms with Crippen molar-refractivity contribution in [3.05, 3.63) is 48.0 Å². The number of nitriles is 1. The number of nitrogens with one attached hydrogen (secondary N) is 1. The predicted octanol–water partition coefficient (Wildman–Crippen LogP) is 2.70. The first-order valence-corrected chi connectivity index (χ1v) is 7.22. The summed E-state index contributed by atoms with van der Waals surface area (Å²) in [7, 11) is 0. The van der Waals surface area contributed by atoms with Gasteiger partial charge in [0.1, 0.15) is 6.04 Å². The van der Waals surface area contributed by atoms with Crippen molar-refractivity contribution in [3.8, 4) is 6.07 Å². The number of hydrogen-bond donors (Lipinski definition) is 1. The highest BCUT2D eigenvalue weighted by Gasteiger charge is 2.22. The maximum absolute atomic E-state index is 9.67. The summed E-state index contributed by atoms with van der Waals surface area (Å²) in [6.07, 6.45) is 1.10. The van der Waals surface area contributed by atoms with Crippen LogP contribution in [0, 0.1) is 11.3 Å². The van der Waals surface area contributed by atoms with E-state index in [1.54, 1.807) is 0 Å². The van der Waals surface area contributed by atoms with Crippen LogP contribution in [0.3, 0.4) is 0 Å². The van der Waals surface area contributed by atoms with E-state index in [0.29, 0.717) is 0 Å². The fourth-order valence-corrected chi connectivity index (χ4v) is 2.96. The van der Waals surface area contributed by atoms with Crippen molar-refractivity contribution in [2.24, 2.45) is 0 Å². The summed E-state index contributed by atoms with van der Waals surface area (Å²) in [4.78, 5) is 2.29. The van der Waals surface area contributed by atoms with Gasteiger partial charge in [0.2, 0.25) is 0 Å². The van der Waals surface area contributed by atoms with Crippen molar-refractivity contribution in [2.75, 3.05) is 26.2 Å². The van der Waals surface area contributed by atoms with Gasteiger partial charge >= 0.3 is 0 Å². The van der Waals surface area contributed by atoms with E-state index in [-0.39, 0.29) is 6.04 Å². The van der Waals surface area contributed by atoms with Crippen LogP contribution in [-0.2, 0) is 0 Å². The molecule has 1 aliphatic heterocycles. The highest BCUT2D eigenvalue weighted by molar-refractivity contribution is 5.86. The van der Waals surface area contributed by atoms with Crippen LogP contribution in [0.25, 0.3) is 10.8 Å². The highest BCUT2D eigenvalue weighted by atomic mass is 15.2. The molecule has 0 aromatic heterocycles. The molecule has 2 aromatic carbocycles. The summed E-state index contributed by atoms with van der Waals surface area (Å²) in [5.41, 5.74) is 1.13. The zero-order valence-corrected chi connectivity index (χ0v) is 11.5. The van der Waals surface area contributed by atoms with Gasteiger partial charge in [-0.05, 0) is 29.3 Å². The van der Waals surface area contributed by atoms with Crippen molar-refractivity contribution in [1.29, 1.82) is 5.26 Å². The van der Waals surface area contributed by atoms with E-state index in [2.05, 4.69) is 46.6 Å². The number of hydrogen-bond acceptors (Lipinski definition) is 3. The molecule has 0 saturated carbocycles. The summed E-state index contributed by atoms with van der Waals surface area (Å²) >= 11 is 0. The maximum Gasteiger partial charge on any atom is 0.124 e. The van der Waals surface area contributed by atoms with Gasteiger partial charge in [-0.15, -0.1) is 0 Å². The second-order valence-corrected chi connectivity index (χ2v) is 5.24. The first kappa shape index (κ1) is 13.1. The van der Waals surface area contributed by atoms with E-state index in [1.807, 2.05) is 12.1 Å². The molecule has 1 fully saturated rings. The molecule has 1 N–H and O–H groups in total. The molecule has 3 nitrogen and oxygen atoms in total. The smallest absolute Gasteiger partial charge is 0.124 e. The van der Waals surface area contributed by atoms with Crippen LogP contribution in [0.1, 0.15) is 18.0 Å². The number of benzene rings is 2. The van der Waals surface area contributed by atoms with Crippen molar-refractivity contribution < 1.29 is 0 Å². The Balaban J connectivity index is 2.01. The van der Waals surface area contributed by atoms with Gasteiger partial charge in [-0.2, -0.15) is 5.26 Å². The lowest BCUT2D eigenvalue weighted by atomic mass is 9.98. The minimum atomic E-state index is -0.152. The Morgan fingerprint density at radius 1 is 1.05 bits per heavy atom. The molecule has 1 aliphatic rings.